The fraction of sp³-hybridized carbons (Fsp3) is 0.167. The maximum Gasteiger partial charge on any atom is 0.316 e. The van der Waals surface area contributed by atoms with Crippen LogP contribution in [0.5, 0.6) is 0 Å². The van der Waals surface area contributed by atoms with E-state index < -0.39 is 23.4 Å². The van der Waals surface area contributed by atoms with E-state index in [1.807, 2.05) is 12.1 Å². The first-order valence-corrected chi connectivity index (χ1v) is 9.10. The van der Waals surface area contributed by atoms with Crippen LogP contribution in [-0.4, -0.2) is 34.1 Å². The second kappa shape index (κ2) is 8.53. The van der Waals surface area contributed by atoms with Crippen LogP contribution >= 0.6 is 11.8 Å². The number of benzene rings is 2. The molecule has 0 aliphatic heterocycles. The van der Waals surface area contributed by atoms with Gasteiger partial charge < -0.3 is 14.5 Å². The van der Waals surface area contributed by atoms with Gasteiger partial charge in [0.05, 0.1) is 4.92 Å². The number of ether oxygens (including phenoxy) is 1. The number of hydrogen-bond donors (Lipinski definition) is 1. The first-order valence-electron chi connectivity index (χ1n) is 8.11. The van der Waals surface area contributed by atoms with E-state index in [-0.39, 0.29) is 17.1 Å². The van der Waals surface area contributed by atoms with Crippen molar-refractivity contribution in [2.45, 2.75) is 12.1 Å². The normalized spacial score (nSPS) is 10.6. The molecule has 2 aromatic carbocycles. The minimum atomic E-state index is -0.674. The average Bonchev–Trinajstić information content (AvgIpc) is 3.09. The molecule has 10 heteroatoms. The highest BCUT2D eigenvalue weighted by Gasteiger charge is 2.17. The van der Waals surface area contributed by atoms with E-state index in [4.69, 9.17) is 9.15 Å². The number of aromatic nitrogens is 1. The second-order valence-corrected chi connectivity index (χ2v) is 6.65. The van der Waals surface area contributed by atoms with Gasteiger partial charge in [-0.2, -0.15) is 0 Å². The van der Waals surface area contributed by atoms with Crippen molar-refractivity contribution in [3.63, 3.8) is 0 Å². The van der Waals surface area contributed by atoms with Crippen molar-refractivity contribution < 1.29 is 23.7 Å². The van der Waals surface area contributed by atoms with Crippen molar-refractivity contribution in [3.8, 4) is 0 Å². The Labute approximate surface area is 163 Å². The molecule has 28 heavy (non-hydrogen) atoms. The summed E-state index contributed by atoms with van der Waals surface area (Å²) in [6.07, 6.45) is 0. The van der Waals surface area contributed by atoms with E-state index in [1.165, 1.54) is 12.1 Å². The summed E-state index contributed by atoms with van der Waals surface area (Å²) in [5, 5.41) is 13.7. The number of carbonyl (C=O) groups excluding carboxylic acids is 2. The smallest absolute Gasteiger partial charge is 0.316 e. The number of nitrogens with one attached hydrogen (secondary N) is 1. The Kier molecular flexibility index (Phi) is 5.90. The van der Waals surface area contributed by atoms with Crippen LogP contribution in [0.1, 0.15) is 5.56 Å². The highest BCUT2D eigenvalue weighted by atomic mass is 32.2. The number of nitrogens with zero attached hydrogens (tertiary/aromatic N) is 2. The quantitative estimate of drug-likeness (QED) is 0.277. The molecule has 1 heterocycles. The summed E-state index contributed by atoms with van der Waals surface area (Å²) in [5.74, 6) is -1.40. The lowest BCUT2D eigenvalue weighted by Crippen LogP contribution is -2.22. The van der Waals surface area contributed by atoms with Gasteiger partial charge in [0, 0.05) is 6.07 Å². The van der Waals surface area contributed by atoms with E-state index in [2.05, 4.69) is 10.3 Å². The number of nitro groups is 1. The Morgan fingerprint density at radius 3 is 2.82 bits per heavy atom. The number of para-hydroxylation sites is 2. The van der Waals surface area contributed by atoms with E-state index >= 15 is 0 Å². The Morgan fingerprint density at radius 1 is 1.29 bits per heavy atom. The predicted octanol–water partition coefficient (Wildman–Crippen LogP) is 3.32. The molecule has 1 aromatic heterocycles. The Bertz CT molecular complexity index is 1020. The van der Waals surface area contributed by atoms with Gasteiger partial charge in [-0.3, -0.25) is 19.7 Å². The van der Waals surface area contributed by atoms with Gasteiger partial charge in [0.1, 0.15) is 17.0 Å². The Balaban J connectivity index is 1.49. The van der Waals surface area contributed by atoms with E-state index in [0.29, 0.717) is 21.9 Å². The van der Waals surface area contributed by atoms with Crippen LogP contribution in [0.4, 0.5) is 11.4 Å². The molecule has 0 atom stereocenters. The molecule has 0 radical (unpaired) electrons. The van der Waals surface area contributed by atoms with Crippen LogP contribution in [0.15, 0.2) is 52.1 Å². The number of esters is 1. The van der Waals surface area contributed by atoms with Crippen LogP contribution < -0.4 is 5.32 Å². The molecule has 0 unspecified atom stereocenters. The number of thioether (sulfide) groups is 1. The molecule has 0 saturated carbocycles. The maximum atomic E-state index is 11.9. The maximum absolute atomic E-state index is 11.9. The Hall–Kier alpha value is -3.40. The lowest BCUT2D eigenvalue weighted by Gasteiger charge is -2.07. The minimum Gasteiger partial charge on any atom is -0.455 e. The van der Waals surface area contributed by atoms with Crippen molar-refractivity contribution in [3.05, 3.63) is 58.1 Å². The SMILES string of the molecule is Cc1ccc(NC(=O)COC(=O)CSc2nc3ccccc3o2)c([N+](=O)[O-])c1. The molecule has 1 N–H and O–H groups in total. The average molecular weight is 401 g/mol. The van der Waals surface area contributed by atoms with Gasteiger partial charge in [0.25, 0.3) is 16.8 Å². The fourth-order valence-corrected chi connectivity index (χ4v) is 2.94. The topological polar surface area (TPSA) is 125 Å². The van der Waals surface area contributed by atoms with Gasteiger partial charge in [0.15, 0.2) is 12.2 Å². The first-order chi connectivity index (χ1) is 13.4. The second-order valence-electron chi connectivity index (χ2n) is 5.72. The van der Waals surface area contributed by atoms with Gasteiger partial charge in [-0.1, -0.05) is 30.0 Å². The summed E-state index contributed by atoms with van der Waals surface area (Å²) in [6, 6.07) is 11.6. The number of carbonyl (C=O) groups is 2. The first kappa shape index (κ1) is 19.4. The minimum absolute atomic E-state index is 0.0394. The molecular formula is C18H15N3O6S. The van der Waals surface area contributed by atoms with E-state index in [1.54, 1.807) is 25.1 Å². The van der Waals surface area contributed by atoms with Gasteiger partial charge in [-0.25, -0.2) is 4.98 Å². The molecule has 0 spiro atoms. The highest BCUT2D eigenvalue weighted by Crippen LogP contribution is 2.25. The monoisotopic (exact) mass is 401 g/mol. The molecule has 3 aromatic rings. The van der Waals surface area contributed by atoms with Gasteiger partial charge in [-0.15, -0.1) is 0 Å². The van der Waals surface area contributed by atoms with Crippen molar-refractivity contribution in [1.82, 2.24) is 4.98 Å². The third-order valence-electron chi connectivity index (χ3n) is 3.58. The molecule has 0 aliphatic rings. The lowest BCUT2D eigenvalue weighted by molar-refractivity contribution is -0.384. The fourth-order valence-electron chi connectivity index (χ4n) is 2.31. The molecule has 3 rings (SSSR count). The number of fused-ring (bicyclic) bond motifs is 1. The molecule has 0 aliphatic carbocycles. The molecule has 0 saturated heterocycles. The van der Waals surface area contributed by atoms with E-state index in [9.17, 15) is 19.7 Å². The molecule has 9 nitrogen and oxygen atoms in total. The summed E-state index contributed by atoms with van der Waals surface area (Å²) < 4.78 is 10.4. The van der Waals surface area contributed by atoms with Gasteiger partial charge >= 0.3 is 5.97 Å². The summed E-state index contributed by atoms with van der Waals surface area (Å²) in [6.45, 7) is 1.15. The van der Waals surface area contributed by atoms with Crippen LogP contribution in [0, 0.1) is 17.0 Å². The standard InChI is InChI=1S/C18H15N3O6S/c1-11-6-7-12(14(8-11)21(24)25)19-16(22)9-26-17(23)10-28-18-20-13-4-2-3-5-15(13)27-18/h2-8H,9-10H2,1H3,(H,19,22). The zero-order valence-corrected chi connectivity index (χ0v) is 15.5. The molecule has 144 valence electrons. The number of nitro benzene ring substituents is 1. The molecule has 0 bridgehead atoms. The van der Waals surface area contributed by atoms with Gasteiger partial charge in [0.2, 0.25) is 0 Å². The number of aryl methyl sites for hydroxylation is 1. The third-order valence-corrected chi connectivity index (χ3v) is 4.38. The van der Waals surface area contributed by atoms with Crippen molar-refractivity contribution in [2.75, 3.05) is 17.7 Å². The number of anilines is 1. The highest BCUT2D eigenvalue weighted by molar-refractivity contribution is 7.99. The molecular weight excluding hydrogens is 386 g/mol. The summed E-state index contributed by atoms with van der Waals surface area (Å²) in [7, 11) is 0. The zero-order chi connectivity index (χ0) is 20.1. The van der Waals surface area contributed by atoms with Crippen LogP contribution in [-0.2, 0) is 14.3 Å². The number of rotatable bonds is 7. The largest absolute Gasteiger partial charge is 0.455 e. The van der Waals surface area contributed by atoms with Crippen molar-refractivity contribution in [2.24, 2.45) is 0 Å². The summed E-state index contributed by atoms with van der Waals surface area (Å²) in [4.78, 5) is 38.4. The van der Waals surface area contributed by atoms with Gasteiger partial charge in [-0.05, 0) is 30.7 Å². The van der Waals surface area contributed by atoms with Crippen molar-refractivity contribution >= 4 is 46.1 Å². The molecule has 1 amide bonds. The predicted molar refractivity (Wildman–Crippen MR) is 102 cm³/mol. The summed E-state index contributed by atoms with van der Waals surface area (Å²) >= 11 is 1.04. The summed E-state index contributed by atoms with van der Waals surface area (Å²) in [5.41, 5.74) is 1.78. The Morgan fingerprint density at radius 2 is 2.07 bits per heavy atom. The number of hydrogen-bond acceptors (Lipinski definition) is 8. The zero-order valence-electron chi connectivity index (χ0n) is 14.7. The third kappa shape index (κ3) is 4.86. The number of oxazole rings is 1. The molecule has 0 fully saturated rings. The number of amides is 1. The van der Waals surface area contributed by atoms with Crippen LogP contribution in [0.25, 0.3) is 11.1 Å². The van der Waals surface area contributed by atoms with Crippen molar-refractivity contribution in [1.29, 1.82) is 0 Å². The van der Waals surface area contributed by atoms with Crippen LogP contribution in [0.2, 0.25) is 0 Å². The lowest BCUT2D eigenvalue weighted by atomic mass is 10.2. The van der Waals surface area contributed by atoms with E-state index in [0.717, 1.165) is 11.8 Å². The van der Waals surface area contributed by atoms with Crippen LogP contribution in [0.3, 0.4) is 0 Å².